The summed E-state index contributed by atoms with van der Waals surface area (Å²) in [6.45, 7) is 6.08. The van der Waals surface area contributed by atoms with Gasteiger partial charge in [0.25, 0.3) is 0 Å². The number of carbonyl (C=O) groups excluding carboxylic acids is 1. The minimum Gasteiger partial charge on any atom is -0.317 e. The van der Waals surface area contributed by atoms with Crippen molar-refractivity contribution in [1.29, 1.82) is 0 Å². The maximum atomic E-state index is 12.2. The lowest BCUT2D eigenvalue weighted by Crippen LogP contribution is -2.31. The van der Waals surface area contributed by atoms with E-state index in [-0.39, 0.29) is 5.92 Å². The molecule has 3 heteroatoms. The summed E-state index contributed by atoms with van der Waals surface area (Å²) in [6, 6.07) is 2.05. The monoisotopic (exact) mass is 223 g/mol. The third kappa shape index (κ3) is 2.29. The van der Waals surface area contributed by atoms with Crippen molar-refractivity contribution in [1.82, 2.24) is 5.32 Å². The molecular weight excluding hydrogens is 206 g/mol. The Hall–Kier alpha value is -0.670. The molecule has 0 unspecified atom stereocenters. The number of aryl methyl sites for hydroxylation is 2. The largest absolute Gasteiger partial charge is 0.317 e. The van der Waals surface area contributed by atoms with Gasteiger partial charge in [0.2, 0.25) is 0 Å². The second-order valence-corrected chi connectivity index (χ2v) is 5.68. The number of piperidine rings is 1. The van der Waals surface area contributed by atoms with Crippen LogP contribution in [-0.2, 0) is 0 Å². The second-order valence-electron chi connectivity index (χ2n) is 4.22. The van der Waals surface area contributed by atoms with Crippen molar-refractivity contribution in [2.45, 2.75) is 26.7 Å². The first-order valence-corrected chi connectivity index (χ1v) is 6.32. The number of nitrogens with one attached hydrogen (secondary N) is 1. The molecular formula is C12H17NOS. The van der Waals surface area contributed by atoms with Gasteiger partial charge in [-0.3, -0.25) is 4.79 Å². The van der Waals surface area contributed by atoms with Gasteiger partial charge in [-0.05, 0) is 45.8 Å². The van der Waals surface area contributed by atoms with E-state index in [9.17, 15) is 4.79 Å². The van der Waals surface area contributed by atoms with Crippen molar-refractivity contribution < 1.29 is 4.79 Å². The van der Waals surface area contributed by atoms with Crippen LogP contribution in [0.2, 0.25) is 0 Å². The molecule has 82 valence electrons. The lowest BCUT2D eigenvalue weighted by Gasteiger charge is -2.21. The average Bonchev–Trinajstić information content (AvgIpc) is 2.58. The highest BCUT2D eigenvalue weighted by Gasteiger charge is 2.24. The SMILES string of the molecule is Cc1cc(C(=O)C2CCNCC2)c(C)s1. The standard InChI is InChI=1S/C12H17NOS/c1-8-7-11(9(2)15-8)12(14)10-3-5-13-6-4-10/h7,10,13H,3-6H2,1-2H3. The van der Waals surface area contributed by atoms with Gasteiger partial charge in [-0.1, -0.05) is 0 Å². The Labute approximate surface area is 94.7 Å². The zero-order valence-electron chi connectivity index (χ0n) is 9.30. The molecule has 1 N–H and O–H groups in total. The number of carbonyl (C=O) groups is 1. The highest BCUT2D eigenvalue weighted by molar-refractivity contribution is 7.12. The maximum absolute atomic E-state index is 12.2. The third-order valence-electron chi connectivity index (χ3n) is 3.02. The van der Waals surface area contributed by atoms with E-state index in [0.717, 1.165) is 31.5 Å². The fraction of sp³-hybridized carbons (Fsp3) is 0.583. The summed E-state index contributed by atoms with van der Waals surface area (Å²) in [6.07, 6.45) is 1.99. The van der Waals surface area contributed by atoms with Crippen molar-refractivity contribution in [3.63, 3.8) is 0 Å². The molecule has 2 nitrogen and oxygen atoms in total. The Bertz CT molecular complexity index is 364. The number of thiophene rings is 1. The molecule has 0 aliphatic carbocycles. The predicted molar refractivity (Wildman–Crippen MR) is 63.7 cm³/mol. The van der Waals surface area contributed by atoms with E-state index in [1.54, 1.807) is 11.3 Å². The van der Waals surface area contributed by atoms with Crippen LogP contribution in [0.4, 0.5) is 0 Å². The van der Waals surface area contributed by atoms with Crippen molar-refractivity contribution >= 4 is 17.1 Å². The van der Waals surface area contributed by atoms with Crippen molar-refractivity contribution in [3.05, 3.63) is 21.4 Å². The first-order chi connectivity index (χ1) is 7.18. The average molecular weight is 223 g/mol. The molecule has 0 radical (unpaired) electrons. The number of rotatable bonds is 2. The van der Waals surface area contributed by atoms with E-state index in [0.29, 0.717) is 5.78 Å². The van der Waals surface area contributed by atoms with Gasteiger partial charge in [0.15, 0.2) is 5.78 Å². The lowest BCUT2D eigenvalue weighted by atomic mass is 9.90. The molecule has 0 atom stereocenters. The Morgan fingerprint density at radius 3 is 2.60 bits per heavy atom. The van der Waals surface area contributed by atoms with Crippen LogP contribution in [0.1, 0.15) is 33.0 Å². The zero-order valence-corrected chi connectivity index (χ0v) is 10.1. The van der Waals surface area contributed by atoms with Gasteiger partial charge in [0.1, 0.15) is 0 Å². The maximum Gasteiger partial charge on any atom is 0.167 e. The molecule has 1 aliphatic heterocycles. The molecule has 0 bridgehead atoms. The molecule has 1 aromatic rings. The molecule has 1 aromatic heterocycles. The van der Waals surface area contributed by atoms with Crippen LogP contribution in [0, 0.1) is 19.8 Å². The van der Waals surface area contributed by atoms with Crippen molar-refractivity contribution in [2.75, 3.05) is 13.1 Å². The molecule has 0 aromatic carbocycles. The van der Waals surface area contributed by atoms with Gasteiger partial charge in [-0.15, -0.1) is 11.3 Å². The van der Waals surface area contributed by atoms with Gasteiger partial charge in [-0.25, -0.2) is 0 Å². The molecule has 1 aliphatic rings. The number of ketones is 1. The van der Waals surface area contributed by atoms with Gasteiger partial charge >= 0.3 is 0 Å². The van der Waals surface area contributed by atoms with Crippen LogP contribution >= 0.6 is 11.3 Å². The first-order valence-electron chi connectivity index (χ1n) is 5.50. The van der Waals surface area contributed by atoms with E-state index in [1.807, 2.05) is 13.0 Å². The van der Waals surface area contributed by atoms with E-state index in [4.69, 9.17) is 0 Å². The van der Waals surface area contributed by atoms with Crippen LogP contribution in [-0.4, -0.2) is 18.9 Å². The highest BCUT2D eigenvalue weighted by atomic mass is 32.1. The highest BCUT2D eigenvalue weighted by Crippen LogP contribution is 2.26. The Kier molecular flexibility index (Phi) is 3.22. The molecule has 1 fully saturated rings. The minimum absolute atomic E-state index is 0.249. The second kappa shape index (κ2) is 4.45. The number of Topliss-reactive ketones (excluding diaryl/α,β-unsaturated/α-hetero) is 1. The Morgan fingerprint density at radius 1 is 1.40 bits per heavy atom. The van der Waals surface area contributed by atoms with Crippen molar-refractivity contribution in [3.8, 4) is 0 Å². The van der Waals surface area contributed by atoms with Crippen LogP contribution in [0.5, 0.6) is 0 Å². The quantitative estimate of drug-likeness (QED) is 0.781. The fourth-order valence-electron chi connectivity index (χ4n) is 2.18. The van der Waals surface area contributed by atoms with Crippen LogP contribution in [0.15, 0.2) is 6.07 Å². The summed E-state index contributed by atoms with van der Waals surface area (Å²) in [5.41, 5.74) is 0.962. The lowest BCUT2D eigenvalue weighted by molar-refractivity contribution is 0.0895. The predicted octanol–water partition coefficient (Wildman–Crippen LogP) is 2.55. The normalized spacial score (nSPS) is 18.0. The third-order valence-corrected chi connectivity index (χ3v) is 3.98. The number of hydrogen-bond donors (Lipinski definition) is 1. The molecule has 0 saturated carbocycles. The van der Waals surface area contributed by atoms with Crippen molar-refractivity contribution in [2.24, 2.45) is 5.92 Å². The Balaban J connectivity index is 2.16. The van der Waals surface area contributed by atoms with Crippen LogP contribution in [0.3, 0.4) is 0 Å². The molecule has 0 spiro atoms. The van der Waals surface area contributed by atoms with E-state index in [1.165, 1.54) is 9.75 Å². The molecule has 0 amide bonds. The smallest absolute Gasteiger partial charge is 0.167 e. The molecule has 2 heterocycles. The summed E-state index contributed by atoms with van der Waals surface area (Å²) in [5, 5.41) is 3.29. The first kappa shape index (κ1) is 10.8. The minimum atomic E-state index is 0.249. The zero-order chi connectivity index (χ0) is 10.8. The molecule has 2 rings (SSSR count). The van der Waals surface area contributed by atoms with Crippen LogP contribution < -0.4 is 5.32 Å². The number of hydrogen-bond acceptors (Lipinski definition) is 3. The summed E-state index contributed by atoms with van der Waals surface area (Å²) >= 11 is 1.73. The van der Waals surface area contributed by atoms with Gasteiger partial charge < -0.3 is 5.32 Å². The summed E-state index contributed by atoms with van der Waals surface area (Å²) in [5.74, 6) is 0.609. The van der Waals surface area contributed by atoms with E-state index >= 15 is 0 Å². The topological polar surface area (TPSA) is 29.1 Å². The van der Waals surface area contributed by atoms with E-state index < -0.39 is 0 Å². The van der Waals surface area contributed by atoms with E-state index in [2.05, 4.69) is 12.2 Å². The van der Waals surface area contributed by atoms with Gasteiger partial charge in [0.05, 0.1) is 0 Å². The molecule has 15 heavy (non-hydrogen) atoms. The van der Waals surface area contributed by atoms with Gasteiger partial charge in [-0.2, -0.15) is 0 Å². The fourth-order valence-corrected chi connectivity index (χ4v) is 3.11. The summed E-state index contributed by atoms with van der Waals surface area (Å²) in [4.78, 5) is 14.6. The van der Waals surface area contributed by atoms with Crippen LogP contribution in [0.25, 0.3) is 0 Å². The Morgan fingerprint density at radius 2 is 2.07 bits per heavy atom. The van der Waals surface area contributed by atoms with Gasteiger partial charge in [0, 0.05) is 21.2 Å². The summed E-state index contributed by atoms with van der Waals surface area (Å²) < 4.78 is 0. The summed E-state index contributed by atoms with van der Waals surface area (Å²) in [7, 11) is 0. The molecule has 1 saturated heterocycles.